The van der Waals surface area contributed by atoms with Crippen molar-refractivity contribution in [1.82, 2.24) is 9.88 Å². The van der Waals surface area contributed by atoms with Crippen molar-refractivity contribution in [3.05, 3.63) is 101 Å². The number of aromatic nitrogens is 1. The fourth-order valence-electron chi connectivity index (χ4n) is 3.26. The minimum absolute atomic E-state index is 0.0294. The maximum absolute atomic E-state index is 12.3. The molecule has 0 unspecified atom stereocenters. The zero-order valence-electron chi connectivity index (χ0n) is 15.8. The highest BCUT2D eigenvalue weighted by Crippen LogP contribution is 2.31. The summed E-state index contributed by atoms with van der Waals surface area (Å²) in [6.07, 6.45) is 2.11. The molecule has 0 aliphatic heterocycles. The molecule has 146 valence electrons. The van der Waals surface area contributed by atoms with Crippen molar-refractivity contribution in [2.75, 3.05) is 5.75 Å². The Morgan fingerprint density at radius 2 is 1.66 bits per heavy atom. The van der Waals surface area contributed by atoms with E-state index in [1.54, 1.807) is 11.8 Å². The highest BCUT2D eigenvalue weighted by molar-refractivity contribution is 8.00. The van der Waals surface area contributed by atoms with E-state index in [2.05, 4.69) is 28.2 Å². The summed E-state index contributed by atoms with van der Waals surface area (Å²) in [6.45, 7) is 1.25. The van der Waals surface area contributed by atoms with Crippen LogP contribution in [0.25, 0.3) is 10.9 Å². The molecule has 5 heteroatoms. The van der Waals surface area contributed by atoms with Crippen molar-refractivity contribution in [2.24, 2.45) is 0 Å². The van der Waals surface area contributed by atoms with Crippen molar-refractivity contribution >= 4 is 40.2 Å². The number of carbonyl (C=O) groups is 1. The summed E-state index contributed by atoms with van der Waals surface area (Å²) in [4.78, 5) is 13.4. The molecule has 1 aromatic heterocycles. The van der Waals surface area contributed by atoms with Gasteiger partial charge in [-0.3, -0.25) is 4.79 Å². The Labute approximate surface area is 179 Å². The zero-order valence-corrected chi connectivity index (χ0v) is 17.4. The summed E-state index contributed by atoms with van der Waals surface area (Å²) in [5, 5.41) is 4.90. The van der Waals surface area contributed by atoms with Gasteiger partial charge in [-0.15, -0.1) is 11.8 Å². The maximum Gasteiger partial charge on any atom is 0.230 e. The SMILES string of the molecule is O=C(CSc1cn(Cc2ccccc2Cl)c2ccccc12)NCc1ccccc1. The molecule has 1 amide bonds. The average molecular weight is 421 g/mol. The molecule has 0 aliphatic carbocycles. The topological polar surface area (TPSA) is 34.0 Å². The minimum atomic E-state index is 0.0294. The lowest BCUT2D eigenvalue weighted by Crippen LogP contribution is -2.24. The summed E-state index contributed by atoms with van der Waals surface area (Å²) in [7, 11) is 0. The molecular weight excluding hydrogens is 400 g/mol. The fraction of sp³-hybridized carbons (Fsp3) is 0.125. The molecule has 1 N–H and O–H groups in total. The van der Waals surface area contributed by atoms with E-state index >= 15 is 0 Å². The van der Waals surface area contributed by atoms with Crippen molar-refractivity contribution in [3.63, 3.8) is 0 Å². The molecule has 29 heavy (non-hydrogen) atoms. The Kier molecular flexibility index (Phi) is 6.23. The standard InChI is InChI=1S/C24H21ClN2OS/c25-21-12-6-4-10-19(21)15-27-16-23(20-11-5-7-13-22(20)27)29-17-24(28)26-14-18-8-2-1-3-9-18/h1-13,16H,14-15,17H2,(H,26,28). The molecule has 0 saturated carbocycles. The van der Waals surface area contributed by atoms with E-state index in [4.69, 9.17) is 11.6 Å². The molecule has 0 aliphatic rings. The molecule has 0 saturated heterocycles. The summed E-state index contributed by atoms with van der Waals surface area (Å²) < 4.78 is 2.20. The molecule has 3 nitrogen and oxygen atoms in total. The maximum atomic E-state index is 12.3. The fourth-order valence-corrected chi connectivity index (χ4v) is 4.37. The Morgan fingerprint density at radius 1 is 0.931 bits per heavy atom. The van der Waals surface area contributed by atoms with Crippen LogP contribution in [0, 0.1) is 0 Å². The van der Waals surface area contributed by atoms with Gasteiger partial charge < -0.3 is 9.88 Å². The second-order valence-corrected chi connectivity index (χ2v) is 8.21. The number of rotatable bonds is 7. The van der Waals surface area contributed by atoms with E-state index in [9.17, 15) is 4.79 Å². The van der Waals surface area contributed by atoms with Crippen LogP contribution in [0.15, 0.2) is 90.0 Å². The molecule has 0 bridgehead atoms. The number of fused-ring (bicyclic) bond motifs is 1. The van der Waals surface area contributed by atoms with E-state index in [1.165, 1.54) is 0 Å². The van der Waals surface area contributed by atoms with E-state index < -0.39 is 0 Å². The van der Waals surface area contributed by atoms with E-state index in [0.717, 1.165) is 31.9 Å². The second kappa shape index (κ2) is 9.21. The first-order valence-corrected chi connectivity index (χ1v) is 10.8. The normalized spacial score (nSPS) is 10.9. The van der Waals surface area contributed by atoms with Gasteiger partial charge in [-0.2, -0.15) is 0 Å². The lowest BCUT2D eigenvalue weighted by molar-refractivity contribution is -0.118. The third kappa shape index (κ3) is 4.84. The van der Waals surface area contributed by atoms with Gasteiger partial charge in [-0.05, 0) is 23.3 Å². The largest absolute Gasteiger partial charge is 0.351 e. The molecule has 3 aromatic carbocycles. The first-order chi connectivity index (χ1) is 14.2. The van der Waals surface area contributed by atoms with Gasteiger partial charge in [0.05, 0.1) is 5.75 Å². The van der Waals surface area contributed by atoms with Gasteiger partial charge in [0.15, 0.2) is 0 Å². The predicted octanol–water partition coefficient (Wildman–Crippen LogP) is 5.75. The average Bonchev–Trinajstić information content (AvgIpc) is 3.11. The molecular formula is C24H21ClN2OS. The quantitative estimate of drug-likeness (QED) is 0.386. The van der Waals surface area contributed by atoms with Crippen LogP contribution >= 0.6 is 23.4 Å². The number of hydrogen-bond donors (Lipinski definition) is 1. The lowest BCUT2D eigenvalue weighted by atomic mass is 10.2. The number of amides is 1. The van der Waals surface area contributed by atoms with E-state index in [1.807, 2.05) is 66.7 Å². The van der Waals surface area contributed by atoms with Crippen LogP contribution < -0.4 is 5.32 Å². The minimum Gasteiger partial charge on any atom is -0.351 e. The van der Waals surface area contributed by atoms with Crippen LogP contribution in [0.3, 0.4) is 0 Å². The summed E-state index contributed by atoms with van der Waals surface area (Å²) >= 11 is 7.91. The van der Waals surface area contributed by atoms with Crippen LogP contribution in [0.4, 0.5) is 0 Å². The van der Waals surface area contributed by atoms with Gasteiger partial charge >= 0.3 is 0 Å². The summed E-state index contributed by atoms with van der Waals surface area (Å²) in [5.41, 5.74) is 3.31. The van der Waals surface area contributed by atoms with Gasteiger partial charge in [-0.1, -0.05) is 78.3 Å². The number of halogens is 1. The molecule has 4 rings (SSSR count). The number of carbonyl (C=O) groups excluding carboxylic acids is 1. The smallest absolute Gasteiger partial charge is 0.230 e. The van der Waals surface area contributed by atoms with E-state index in [-0.39, 0.29) is 5.91 Å². The Balaban J connectivity index is 1.46. The number of nitrogens with zero attached hydrogens (tertiary/aromatic N) is 1. The predicted molar refractivity (Wildman–Crippen MR) is 122 cm³/mol. The third-order valence-electron chi connectivity index (χ3n) is 4.74. The van der Waals surface area contributed by atoms with Crippen LogP contribution in [0.2, 0.25) is 5.02 Å². The van der Waals surface area contributed by atoms with Crippen molar-refractivity contribution in [2.45, 2.75) is 18.0 Å². The molecule has 1 heterocycles. The van der Waals surface area contributed by atoms with Gasteiger partial charge in [0.25, 0.3) is 0 Å². The third-order valence-corrected chi connectivity index (χ3v) is 6.15. The molecule has 4 aromatic rings. The number of para-hydroxylation sites is 1. The van der Waals surface area contributed by atoms with Crippen molar-refractivity contribution in [3.8, 4) is 0 Å². The number of benzene rings is 3. The van der Waals surface area contributed by atoms with Crippen molar-refractivity contribution < 1.29 is 4.79 Å². The van der Waals surface area contributed by atoms with Gasteiger partial charge in [0.1, 0.15) is 0 Å². The Bertz CT molecular complexity index is 1120. The first kappa shape index (κ1) is 19.6. The number of nitrogens with one attached hydrogen (secondary N) is 1. The Morgan fingerprint density at radius 3 is 2.48 bits per heavy atom. The molecule has 0 atom stereocenters. The molecule has 0 fully saturated rings. The van der Waals surface area contributed by atoms with Gasteiger partial charge in [0.2, 0.25) is 5.91 Å². The van der Waals surface area contributed by atoms with Gasteiger partial charge in [0, 0.05) is 40.1 Å². The first-order valence-electron chi connectivity index (χ1n) is 9.45. The highest BCUT2D eigenvalue weighted by atomic mass is 35.5. The monoisotopic (exact) mass is 420 g/mol. The zero-order chi connectivity index (χ0) is 20.1. The van der Waals surface area contributed by atoms with Crippen LogP contribution in [0.5, 0.6) is 0 Å². The van der Waals surface area contributed by atoms with Crippen molar-refractivity contribution in [1.29, 1.82) is 0 Å². The molecule has 0 spiro atoms. The molecule has 0 radical (unpaired) electrons. The number of thioether (sulfide) groups is 1. The summed E-state index contributed by atoms with van der Waals surface area (Å²) in [6, 6.07) is 26.1. The van der Waals surface area contributed by atoms with Crippen LogP contribution in [-0.2, 0) is 17.9 Å². The highest BCUT2D eigenvalue weighted by Gasteiger charge is 2.12. The van der Waals surface area contributed by atoms with Crippen LogP contribution in [0.1, 0.15) is 11.1 Å². The lowest BCUT2D eigenvalue weighted by Gasteiger charge is -2.07. The summed E-state index contributed by atoms with van der Waals surface area (Å²) in [5.74, 6) is 0.411. The van der Waals surface area contributed by atoms with E-state index in [0.29, 0.717) is 18.8 Å². The van der Waals surface area contributed by atoms with Crippen LogP contribution in [-0.4, -0.2) is 16.2 Å². The second-order valence-electron chi connectivity index (χ2n) is 6.78. The Hall–Kier alpha value is -2.69. The van der Waals surface area contributed by atoms with Gasteiger partial charge in [-0.25, -0.2) is 0 Å². The number of hydrogen-bond acceptors (Lipinski definition) is 2.